The van der Waals surface area contributed by atoms with Gasteiger partial charge in [-0.1, -0.05) is 29.8 Å². The van der Waals surface area contributed by atoms with E-state index in [1.54, 1.807) is 0 Å². The predicted molar refractivity (Wildman–Crippen MR) is 66.6 cm³/mol. The molecule has 15 heavy (non-hydrogen) atoms. The Morgan fingerprint density at radius 2 is 2.00 bits per heavy atom. The van der Waals surface area contributed by atoms with E-state index in [4.69, 9.17) is 9.47 Å². The van der Waals surface area contributed by atoms with Crippen LogP contribution in [-0.4, -0.2) is 31.8 Å². The third kappa shape index (κ3) is 4.83. The molecule has 0 radical (unpaired) electrons. The molecule has 0 aliphatic carbocycles. The summed E-state index contributed by atoms with van der Waals surface area (Å²) in [5.74, 6) is 0.639. The Hall–Kier alpha value is 0.400. The molecule has 3 heteroatoms. The molecule has 0 atom stereocenters. The van der Waals surface area contributed by atoms with E-state index >= 15 is 0 Å². The zero-order valence-corrected chi connectivity index (χ0v) is 11.5. The molecule has 1 rings (SSSR count). The maximum atomic E-state index is 5.66. The van der Waals surface area contributed by atoms with Crippen LogP contribution in [0.1, 0.15) is 33.1 Å². The first-order valence-electron chi connectivity index (χ1n) is 5.90. The summed E-state index contributed by atoms with van der Waals surface area (Å²) in [5.41, 5.74) is 0.426. The van der Waals surface area contributed by atoms with Crippen LogP contribution in [0, 0.1) is 11.3 Å². The second kappa shape index (κ2) is 6.87. The van der Waals surface area contributed by atoms with E-state index in [2.05, 4.69) is 29.8 Å². The highest BCUT2D eigenvalue weighted by Gasteiger charge is 2.30. The smallest absolute Gasteiger partial charge is 0.0488 e. The normalized spacial score (nSPS) is 20.8. The van der Waals surface area contributed by atoms with Crippen molar-refractivity contribution < 1.29 is 9.47 Å². The summed E-state index contributed by atoms with van der Waals surface area (Å²) in [7, 11) is 0. The quantitative estimate of drug-likeness (QED) is 0.549. The number of hydrogen-bond acceptors (Lipinski definition) is 2. The van der Waals surface area contributed by atoms with Crippen LogP contribution in [0.15, 0.2) is 0 Å². The fourth-order valence-electron chi connectivity index (χ4n) is 1.86. The summed E-state index contributed by atoms with van der Waals surface area (Å²) in [4.78, 5) is 0. The molecule has 0 saturated carbocycles. The molecule has 0 aromatic rings. The molecule has 0 N–H and O–H groups in total. The minimum absolute atomic E-state index is 0.426. The standard InChI is InChI=1S/C12H23BrO2/c1-11(2)9-15-8-5-12(10-13)3-6-14-7-4-12/h11H,3-10H2,1-2H3. The van der Waals surface area contributed by atoms with Crippen molar-refractivity contribution in [3.05, 3.63) is 0 Å². The lowest BCUT2D eigenvalue weighted by Crippen LogP contribution is -2.32. The molecule has 1 heterocycles. The molecule has 90 valence electrons. The molecule has 2 nitrogen and oxygen atoms in total. The summed E-state index contributed by atoms with van der Waals surface area (Å²) in [6, 6.07) is 0. The van der Waals surface area contributed by atoms with E-state index < -0.39 is 0 Å². The molecule has 0 amide bonds. The number of alkyl halides is 1. The summed E-state index contributed by atoms with van der Waals surface area (Å²) in [6.45, 7) is 7.98. The topological polar surface area (TPSA) is 18.5 Å². The predicted octanol–water partition coefficient (Wildman–Crippen LogP) is 3.24. The third-order valence-corrected chi connectivity index (χ3v) is 4.25. The number of hydrogen-bond donors (Lipinski definition) is 0. The average Bonchev–Trinajstić information content (AvgIpc) is 2.26. The van der Waals surface area contributed by atoms with Gasteiger partial charge in [0.1, 0.15) is 0 Å². The summed E-state index contributed by atoms with van der Waals surface area (Å²) >= 11 is 3.64. The first-order valence-corrected chi connectivity index (χ1v) is 7.02. The van der Waals surface area contributed by atoms with Crippen molar-refractivity contribution in [1.29, 1.82) is 0 Å². The van der Waals surface area contributed by atoms with Crippen LogP contribution in [0.3, 0.4) is 0 Å². The van der Waals surface area contributed by atoms with E-state index in [1.165, 1.54) is 12.8 Å². The van der Waals surface area contributed by atoms with Gasteiger partial charge in [-0.3, -0.25) is 0 Å². The summed E-state index contributed by atoms with van der Waals surface area (Å²) < 4.78 is 11.1. The van der Waals surface area contributed by atoms with E-state index in [0.29, 0.717) is 11.3 Å². The Labute approximate surface area is 102 Å². The van der Waals surface area contributed by atoms with Crippen molar-refractivity contribution in [1.82, 2.24) is 0 Å². The molecule has 0 spiro atoms. The second-order valence-corrected chi connectivity index (χ2v) is 5.53. The van der Waals surface area contributed by atoms with Crippen LogP contribution in [0.5, 0.6) is 0 Å². The lowest BCUT2D eigenvalue weighted by Gasteiger charge is -2.35. The minimum atomic E-state index is 0.426. The van der Waals surface area contributed by atoms with E-state index in [1.807, 2.05) is 0 Å². The van der Waals surface area contributed by atoms with Crippen LogP contribution in [0.4, 0.5) is 0 Å². The van der Waals surface area contributed by atoms with Crippen molar-refractivity contribution in [2.45, 2.75) is 33.1 Å². The van der Waals surface area contributed by atoms with E-state index in [9.17, 15) is 0 Å². The second-order valence-electron chi connectivity index (χ2n) is 4.96. The lowest BCUT2D eigenvalue weighted by atomic mass is 9.80. The molecular weight excluding hydrogens is 256 g/mol. The van der Waals surface area contributed by atoms with Crippen molar-refractivity contribution in [3.63, 3.8) is 0 Å². The molecule has 0 aromatic heterocycles. The van der Waals surface area contributed by atoms with Crippen molar-refractivity contribution in [2.24, 2.45) is 11.3 Å². The molecule has 1 aliphatic rings. The highest BCUT2D eigenvalue weighted by atomic mass is 79.9. The summed E-state index contributed by atoms with van der Waals surface area (Å²) in [5, 5.41) is 1.08. The minimum Gasteiger partial charge on any atom is -0.381 e. The molecule has 1 aliphatic heterocycles. The maximum absolute atomic E-state index is 5.66. The average molecular weight is 279 g/mol. The largest absolute Gasteiger partial charge is 0.381 e. The van der Waals surface area contributed by atoms with E-state index in [-0.39, 0.29) is 0 Å². The first kappa shape index (κ1) is 13.5. The Kier molecular flexibility index (Phi) is 6.17. The van der Waals surface area contributed by atoms with Gasteiger partial charge in [-0.25, -0.2) is 0 Å². The number of ether oxygens (including phenoxy) is 2. The Morgan fingerprint density at radius 1 is 1.33 bits per heavy atom. The molecule has 1 saturated heterocycles. The fourth-order valence-corrected chi connectivity index (χ4v) is 2.70. The van der Waals surface area contributed by atoms with Crippen molar-refractivity contribution >= 4 is 15.9 Å². The van der Waals surface area contributed by atoms with Crippen molar-refractivity contribution in [3.8, 4) is 0 Å². The SMILES string of the molecule is CC(C)COCCC1(CBr)CCOCC1. The van der Waals surface area contributed by atoms with Gasteiger partial charge in [0.15, 0.2) is 0 Å². The molecule has 0 unspecified atom stereocenters. The molecule has 0 bridgehead atoms. The molecular formula is C12H23BrO2. The molecule has 0 aromatic carbocycles. The van der Waals surface area contributed by atoms with Crippen LogP contribution < -0.4 is 0 Å². The molecule has 1 fully saturated rings. The Morgan fingerprint density at radius 3 is 2.53 bits per heavy atom. The van der Waals surface area contributed by atoms with Crippen LogP contribution >= 0.6 is 15.9 Å². The van der Waals surface area contributed by atoms with Gasteiger partial charge < -0.3 is 9.47 Å². The van der Waals surface area contributed by atoms with Gasteiger partial charge in [-0.05, 0) is 30.6 Å². The van der Waals surface area contributed by atoms with Crippen LogP contribution in [0.25, 0.3) is 0 Å². The highest BCUT2D eigenvalue weighted by molar-refractivity contribution is 9.09. The zero-order valence-electron chi connectivity index (χ0n) is 9.93. The fraction of sp³-hybridized carbons (Fsp3) is 1.00. The Bertz CT molecular complexity index is 165. The monoisotopic (exact) mass is 278 g/mol. The maximum Gasteiger partial charge on any atom is 0.0488 e. The highest BCUT2D eigenvalue weighted by Crippen LogP contribution is 2.35. The summed E-state index contributed by atoms with van der Waals surface area (Å²) in [6.07, 6.45) is 3.50. The Balaban J connectivity index is 2.20. The first-order chi connectivity index (χ1) is 7.18. The zero-order chi connectivity index (χ0) is 11.1. The lowest BCUT2D eigenvalue weighted by molar-refractivity contribution is 0.00298. The van der Waals surface area contributed by atoms with Gasteiger partial charge >= 0.3 is 0 Å². The van der Waals surface area contributed by atoms with Gasteiger partial charge in [-0.2, -0.15) is 0 Å². The van der Waals surface area contributed by atoms with Gasteiger partial charge in [-0.15, -0.1) is 0 Å². The van der Waals surface area contributed by atoms with E-state index in [0.717, 1.165) is 38.2 Å². The third-order valence-electron chi connectivity index (χ3n) is 3.06. The van der Waals surface area contributed by atoms with Gasteiger partial charge in [0, 0.05) is 31.8 Å². The van der Waals surface area contributed by atoms with Gasteiger partial charge in [0.2, 0.25) is 0 Å². The van der Waals surface area contributed by atoms with Gasteiger partial charge in [0.05, 0.1) is 0 Å². The van der Waals surface area contributed by atoms with Crippen LogP contribution in [0.2, 0.25) is 0 Å². The van der Waals surface area contributed by atoms with Gasteiger partial charge in [0.25, 0.3) is 0 Å². The number of halogens is 1. The number of rotatable bonds is 6. The van der Waals surface area contributed by atoms with Crippen LogP contribution in [-0.2, 0) is 9.47 Å². The van der Waals surface area contributed by atoms with Crippen molar-refractivity contribution in [2.75, 3.05) is 31.8 Å².